The van der Waals surface area contributed by atoms with Crippen molar-refractivity contribution in [2.75, 3.05) is 6.54 Å². The summed E-state index contributed by atoms with van der Waals surface area (Å²) in [6, 6.07) is 3.78. The fourth-order valence-electron chi connectivity index (χ4n) is 2.35. The number of rotatable bonds is 3. The van der Waals surface area contributed by atoms with Gasteiger partial charge in [-0.25, -0.2) is 0 Å². The van der Waals surface area contributed by atoms with Crippen LogP contribution in [0.1, 0.15) is 35.4 Å². The van der Waals surface area contributed by atoms with Crippen molar-refractivity contribution in [3.63, 3.8) is 0 Å². The SMILES string of the molecule is O=C(NC1CC1)C1CCCN1C(=O)c1cccs1. The highest BCUT2D eigenvalue weighted by Gasteiger charge is 2.36. The molecule has 1 saturated heterocycles. The van der Waals surface area contributed by atoms with Crippen LogP contribution in [0, 0.1) is 0 Å². The highest BCUT2D eigenvalue weighted by Crippen LogP contribution is 2.24. The van der Waals surface area contributed by atoms with Crippen molar-refractivity contribution in [1.82, 2.24) is 10.2 Å². The molecule has 2 heterocycles. The minimum absolute atomic E-state index is 0.00144. The van der Waals surface area contributed by atoms with E-state index in [9.17, 15) is 9.59 Å². The Balaban J connectivity index is 1.70. The lowest BCUT2D eigenvalue weighted by Gasteiger charge is -2.23. The third kappa shape index (κ3) is 2.27. The monoisotopic (exact) mass is 264 g/mol. The molecule has 0 bridgehead atoms. The Morgan fingerprint density at radius 2 is 2.17 bits per heavy atom. The molecule has 1 saturated carbocycles. The van der Waals surface area contributed by atoms with Gasteiger partial charge in [-0.1, -0.05) is 6.07 Å². The molecule has 1 aliphatic heterocycles. The standard InChI is InChI=1S/C13H16N2O2S/c16-12(14-9-5-6-9)10-3-1-7-15(10)13(17)11-4-2-8-18-11/h2,4,8-10H,1,3,5-7H2,(H,14,16). The van der Waals surface area contributed by atoms with Crippen molar-refractivity contribution in [1.29, 1.82) is 0 Å². The molecule has 1 N–H and O–H groups in total. The minimum Gasteiger partial charge on any atom is -0.352 e. The molecule has 2 amide bonds. The van der Waals surface area contributed by atoms with Crippen molar-refractivity contribution in [3.05, 3.63) is 22.4 Å². The number of nitrogens with zero attached hydrogens (tertiary/aromatic N) is 1. The number of likely N-dealkylation sites (tertiary alicyclic amines) is 1. The third-order valence-electron chi connectivity index (χ3n) is 3.47. The van der Waals surface area contributed by atoms with Gasteiger partial charge in [0.05, 0.1) is 4.88 Å². The molecule has 1 aromatic rings. The second-order valence-corrected chi connectivity index (χ2v) is 5.86. The average molecular weight is 264 g/mol. The summed E-state index contributed by atoms with van der Waals surface area (Å²) in [6.45, 7) is 0.694. The maximum Gasteiger partial charge on any atom is 0.264 e. The van der Waals surface area contributed by atoms with Crippen LogP contribution in [-0.2, 0) is 4.79 Å². The lowest BCUT2D eigenvalue weighted by Crippen LogP contribution is -2.46. The van der Waals surface area contributed by atoms with Crippen LogP contribution >= 0.6 is 11.3 Å². The smallest absolute Gasteiger partial charge is 0.264 e. The Kier molecular flexibility index (Phi) is 3.07. The molecule has 1 aliphatic carbocycles. The van der Waals surface area contributed by atoms with Gasteiger partial charge in [-0.05, 0) is 37.1 Å². The van der Waals surface area contributed by atoms with Crippen molar-refractivity contribution in [2.24, 2.45) is 0 Å². The van der Waals surface area contributed by atoms with Crippen LogP contribution in [0.15, 0.2) is 17.5 Å². The van der Waals surface area contributed by atoms with E-state index in [1.807, 2.05) is 17.5 Å². The van der Waals surface area contributed by atoms with Crippen LogP contribution < -0.4 is 5.32 Å². The maximum atomic E-state index is 12.3. The molecule has 0 aromatic carbocycles. The van der Waals surface area contributed by atoms with E-state index in [1.165, 1.54) is 11.3 Å². The molecule has 1 unspecified atom stereocenters. The Labute approximate surface area is 110 Å². The lowest BCUT2D eigenvalue weighted by molar-refractivity contribution is -0.125. The van der Waals surface area contributed by atoms with E-state index in [0.717, 1.165) is 30.6 Å². The molecule has 1 aromatic heterocycles. The molecule has 5 heteroatoms. The normalized spacial score (nSPS) is 23.1. The molecule has 18 heavy (non-hydrogen) atoms. The number of hydrogen-bond acceptors (Lipinski definition) is 3. The van der Waals surface area contributed by atoms with E-state index in [2.05, 4.69) is 5.32 Å². The Morgan fingerprint density at radius 3 is 2.83 bits per heavy atom. The number of nitrogens with one attached hydrogen (secondary N) is 1. The summed E-state index contributed by atoms with van der Waals surface area (Å²) < 4.78 is 0. The molecule has 2 aliphatic rings. The first-order valence-corrected chi connectivity index (χ1v) is 7.28. The first-order valence-electron chi connectivity index (χ1n) is 6.40. The topological polar surface area (TPSA) is 49.4 Å². The molecule has 0 radical (unpaired) electrons. The molecular formula is C13H16N2O2S. The summed E-state index contributed by atoms with van der Waals surface area (Å²) in [4.78, 5) is 26.8. The van der Waals surface area contributed by atoms with Crippen LogP contribution in [0.4, 0.5) is 0 Å². The van der Waals surface area contributed by atoms with E-state index in [-0.39, 0.29) is 17.9 Å². The average Bonchev–Trinajstić information content (AvgIpc) is 2.91. The Bertz CT molecular complexity index is 454. The summed E-state index contributed by atoms with van der Waals surface area (Å²) in [6.07, 6.45) is 3.87. The molecule has 0 spiro atoms. The van der Waals surface area contributed by atoms with Crippen LogP contribution in [0.25, 0.3) is 0 Å². The molecule has 96 valence electrons. The highest BCUT2D eigenvalue weighted by atomic mass is 32.1. The molecule has 2 fully saturated rings. The summed E-state index contributed by atoms with van der Waals surface area (Å²) in [7, 11) is 0. The zero-order chi connectivity index (χ0) is 12.5. The molecule has 1 atom stereocenters. The van der Waals surface area contributed by atoms with Crippen LogP contribution in [0.3, 0.4) is 0 Å². The third-order valence-corrected chi connectivity index (χ3v) is 4.33. The zero-order valence-electron chi connectivity index (χ0n) is 10.1. The van der Waals surface area contributed by atoms with Gasteiger partial charge in [0.1, 0.15) is 6.04 Å². The highest BCUT2D eigenvalue weighted by molar-refractivity contribution is 7.12. The Hall–Kier alpha value is -1.36. The molecular weight excluding hydrogens is 248 g/mol. The predicted molar refractivity (Wildman–Crippen MR) is 69.5 cm³/mol. The van der Waals surface area contributed by atoms with E-state index < -0.39 is 0 Å². The van der Waals surface area contributed by atoms with Crippen molar-refractivity contribution < 1.29 is 9.59 Å². The first kappa shape index (κ1) is 11.7. The van der Waals surface area contributed by atoms with Gasteiger partial charge in [0.2, 0.25) is 5.91 Å². The summed E-state index contributed by atoms with van der Waals surface area (Å²) in [5.41, 5.74) is 0. The van der Waals surface area contributed by atoms with Gasteiger partial charge in [0, 0.05) is 12.6 Å². The number of hydrogen-bond donors (Lipinski definition) is 1. The van der Waals surface area contributed by atoms with E-state index in [1.54, 1.807) is 4.90 Å². The molecule has 4 nitrogen and oxygen atoms in total. The summed E-state index contributed by atoms with van der Waals surface area (Å²) in [5.74, 6) is 0.0263. The maximum absolute atomic E-state index is 12.3. The Morgan fingerprint density at radius 1 is 1.33 bits per heavy atom. The fraction of sp³-hybridized carbons (Fsp3) is 0.538. The number of carbonyl (C=O) groups excluding carboxylic acids is 2. The number of amides is 2. The first-order chi connectivity index (χ1) is 8.75. The number of thiophene rings is 1. The second kappa shape index (κ2) is 4.72. The van der Waals surface area contributed by atoms with Crippen LogP contribution in [0.2, 0.25) is 0 Å². The van der Waals surface area contributed by atoms with Gasteiger partial charge in [0.15, 0.2) is 0 Å². The van der Waals surface area contributed by atoms with Crippen LogP contribution in [-0.4, -0.2) is 35.3 Å². The van der Waals surface area contributed by atoms with Gasteiger partial charge in [0.25, 0.3) is 5.91 Å². The van der Waals surface area contributed by atoms with E-state index >= 15 is 0 Å². The van der Waals surface area contributed by atoms with Crippen molar-refractivity contribution >= 4 is 23.2 Å². The fourth-order valence-corrected chi connectivity index (χ4v) is 3.03. The van der Waals surface area contributed by atoms with E-state index in [0.29, 0.717) is 12.6 Å². The largest absolute Gasteiger partial charge is 0.352 e. The second-order valence-electron chi connectivity index (χ2n) is 4.92. The zero-order valence-corrected chi connectivity index (χ0v) is 10.9. The predicted octanol–water partition coefficient (Wildman–Crippen LogP) is 1.63. The minimum atomic E-state index is -0.264. The summed E-state index contributed by atoms with van der Waals surface area (Å²) >= 11 is 1.43. The van der Waals surface area contributed by atoms with Crippen LogP contribution in [0.5, 0.6) is 0 Å². The van der Waals surface area contributed by atoms with E-state index in [4.69, 9.17) is 0 Å². The van der Waals surface area contributed by atoms with Gasteiger partial charge in [-0.3, -0.25) is 9.59 Å². The van der Waals surface area contributed by atoms with Gasteiger partial charge >= 0.3 is 0 Å². The van der Waals surface area contributed by atoms with Gasteiger partial charge < -0.3 is 10.2 Å². The quantitative estimate of drug-likeness (QED) is 0.902. The molecule has 3 rings (SSSR count). The lowest BCUT2D eigenvalue weighted by atomic mass is 10.2. The van der Waals surface area contributed by atoms with Crippen molar-refractivity contribution in [3.8, 4) is 0 Å². The summed E-state index contributed by atoms with van der Waals surface area (Å²) in [5, 5.41) is 4.89. The van der Waals surface area contributed by atoms with Gasteiger partial charge in [-0.2, -0.15) is 0 Å². The van der Waals surface area contributed by atoms with Gasteiger partial charge in [-0.15, -0.1) is 11.3 Å². The van der Waals surface area contributed by atoms with Crippen molar-refractivity contribution in [2.45, 2.75) is 37.8 Å². The number of carbonyl (C=O) groups is 2.